The number of benzene rings is 1. The Hall–Kier alpha value is -3.32. The van der Waals surface area contributed by atoms with Gasteiger partial charge in [-0.1, -0.05) is 12.1 Å². The van der Waals surface area contributed by atoms with Crippen LogP contribution in [0.3, 0.4) is 0 Å². The lowest BCUT2D eigenvalue weighted by Gasteiger charge is -2.23. The van der Waals surface area contributed by atoms with Gasteiger partial charge in [-0.05, 0) is 38.1 Å². The van der Waals surface area contributed by atoms with Gasteiger partial charge >= 0.3 is 12.1 Å². The number of piperidine rings is 1. The van der Waals surface area contributed by atoms with Crippen molar-refractivity contribution in [3.05, 3.63) is 47.4 Å². The van der Waals surface area contributed by atoms with Gasteiger partial charge in [0.15, 0.2) is 0 Å². The maximum atomic E-state index is 12.3. The van der Waals surface area contributed by atoms with E-state index in [1.165, 1.54) is 4.70 Å². The number of thiazole rings is 1. The molecular formula is C21H23F3N6O3S. The first-order chi connectivity index (χ1) is 16.1. The van der Waals surface area contributed by atoms with Crippen molar-refractivity contribution >= 4 is 39.2 Å². The second-order valence-corrected chi connectivity index (χ2v) is 8.61. The van der Waals surface area contributed by atoms with Gasteiger partial charge in [-0.2, -0.15) is 13.2 Å². The van der Waals surface area contributed by atoms with E-state index in [1.807, 2.05) is 30.1 Å². The average Bonchev–Trinajstić information content (AvgIpc) is 3.22. The quantitative estimate of drug-likeness (QED) is 0.493. The van der Waals surface area contributed by atoms with Gasteiger partial charge in [0.2, 0.25) is 0 Å². The number of alkyl halides is 3. The Morgan fingerprint density at radius 2 is 1.88 bits per heavy atom. The molecule has 9 nitrogen and oxygen atoms in total. The fourth-order valence-corrected chi connectivity index (χ4v) is 4.15. The standard InChI is InChI=1S/C19H22N6OS.C2HF3O2/c1-25(12-18-24-14-4-2-3-5-16(14)27-18)17-11-21-15(10-22-17)19(26)23-13-6-8-20-9-7-13;3-2(4,5)1(6)7/h2-5,10-11,13,20H,6-9,12H2,1H3,(H,23,26);(H,6,7). The molecule has 0 saturated carbocycles. The van der Waals surface area contributed by atoms with Crippen LogP contribution in [0.4, 0.5) is 19.0 Å². The number of nitrogens with one attached hydrogen (secondary N) is 2. The molecule has 4 rings (SSSR count). The van der Waals surface area contributed by atoms with E-state index in [0.717, 1.165) is 36.5 Å². The summed E-state index contributed by atoms with van der Waals surface area (Å²) in [5.74, 6) is -2.20. The highest BCUT2D eigenvalue weighted by Crippen LogP contribution is 2.23. The molecule has 3 N–H and O–H groups in total. The van der Waals surface area contributed by atoms with Crippen molar-refractivity contribution in [1.82, 2.24) is 25.6 Å². The fraction of sp³-hybridized carbons (Fsp3) is 0.381. The van der Waals surface area contributed by atoms with Gasteiger partial charge in [0.1, 0.15) is 16.5 Å². The lowest BCUT2D eigenvalue weighted by atomic mass is 10.1. The summed E-state index contributed by atoms with van der Waals surface area (Å²) in [6.45, 7) is 2.52. The number of nitrogens with zero attached hydrogens (tertiary/aromatic N) is 4. The van der Waals surface area contributed by atoms with Crippen molar-refractivity contribution in [3.63, 3.8) is 0 Å². The average molecular weight is 497 g/mol. The van der Waals surface area contributed by atoms with E-state index in [0.29, 0.717) is 18.1 Å². The number of carbonyl (C=O) groups excluding carboxylic acids is 1. The minimum absolute atomic E-state index is 0.158. The first kappa shape index (κ1) is 25.3. The van der Waals surface area contributed by atoms with Crippen LogP contribution in [-0.4, -0.2) is 64.3 Å². The van der Waals surface area contributed by atoms with Gasteiger partial charge < -0.3 is 20.6 Å². The Labute approximate surface area is 197 Å². The van der Waals surface area contributed by atoms with Gasteiger partial charge in [-0.15, -0.1) is 11.3 Å². The molecule has 0 unspecified atom stereocenters. The van der Waals surface area contributed by atoms with E-state index in [1.54, 1.807) is 23.7 Å². The second-order valence-electron chi connectivity index (χ2n) is 7.49. The van der Waals surface area contributed by atoms with Gasteiger partial charge in [-0.25, -0.2) is 19.7 Å². The molecule has 1 fully saturated rings. The van der Waals surface area contributed by atoms with Crippen molar-refractivity contribution in [1.29, 1.82) is 0 Å². The van der Waals surface area contributed by atoms with Crippen LogP contribution in [0.2, 0.25) is 0 Å². The fourth-order valence-electron chi connectivity index (χ4n) is 3.13. The number of rotatable bonds is 5. The van der Waals surface area contributed by atoms with Crippen LogP contribution in [0.25, 0.3) is 10.2 Å². The van der Waals surface area contributed by atoms with Crippen LogP contribution in [0.1, 0.15) is 28.3 Å². The third-order valence-corrected chi connectivity index (χ3v) is 5.91. The summed E-state index contributed by atoms with van der Waals surface area (Å²) in [4.78, 5) is 36.6. The normalized spacial score (nSPS) is 14.2. The van der Waals surface area contributed by atoms with E-state index in [2.05, 4.69) is 31.7 Å². The van der Waals surface area contributed by atoms with Crippen molar-refractivity contribution < 1.29 is 27.9 Å². The molecule has 0 spiro atoms. The third kappa shape index (κ3) is 7.09. The van der Waals surface area contributed by atoms with Gasteiger partial charge in [0.25, 0.3) is 5.91 Å². The van der Waals surface area contributed by atoms with Crippen LogP contribution in [0, 0.1) is 0 Å². The monoisotopic (exact) mass is 496 g/mol. The molecule has 0 atom stereocenters. The lowest BCUT2D eigenvalue weighted by molar-refractivity contribution is -0.192. The molecule has 3 heterocycles. The molecular weight excluding hydrogens is 473 g/mol. The number of carboxylic acid groups (broad SMARTS) is 1. The number of amides is 1. The Bertz CT molecular complexity index is 1080. The number of carbonyl (C=O) groups is 2. The van der Waals surface area contributed by atoms with E-state index >= 15 is 0 Å². The zero-order valence-corrected chi connectivity index (χ0v) is 19.0. The molecule has 2 aromatic heterocycles. The van der Waals surface area contributed by atoms with Crippen LogP contribution in [0.5, 0.6) is 0 Å². The zero-order chi connectivity index (χ0) is 24.7. The highest BCUT2D eigenvalue weighted by molar-refractivity contribution is 7.18. The molecule has 1 aliphatic heterocycles. The number of anilines is 1. The summed E-state index contributed by atoms with van der Waals surface area (Å²) in [7, 11) is 1.95. The number of hydrogen-bond acceptors (Lipinski definition) is 8. The van der Waals surface area contributed by atoms with Gasteiger partial charge in [0, 0.05) is 13.1 Å². The predicted octanol–water partition coefficient (Wildman–Crippen LogP) is 2.84. The number of aliphatic carboxylic acids is 1. The summed E-state index contributed by atoms with van der Waals surface area (Å²) >= 11 is 1.68. The predicted molar refractivity (Wildman–Crippen MR) is 121 cm³/mol. The number of hydrogen-bond donors (Lipinski definition) is 3. The molecule has 13 heteroatoms. The van der Waals surface area contributed by atoms with Crippen molar-refractivity contribution in [3.8, 4) is 0 Å². The van der Waals surface area contributed by atoms with E-state index in [9.17, 15) is 18.0 Å². The summed E-state index contributed by atoms with van der Waals surface area (Å²) < 4.78 is 32.9. The topological polar surface area (TPSA) is 120 Å². The number of fused-ring (bicyclic) bond motifs is 1. The summed E-state index contributed by atoms with van der Waals surface area (Å²) in [5, 5.41) is 14.5. The molecule has 1 amide bonds. The highest BCUT2D eigenvalue weighted by atomic mass is 32.1. The van der Waals surface area contributed by atoms with Crippen molar-refractivity contribution in [2.75, 3.05) is 25.0 Å². The molecule has 182 valence electrons. The van der Waals surface area contributed by atoms with E-state index < -0.39 is 12.1 Å². The highest BCUT2D eigenvalue weighted by Gasteiger charge is 2.38. The Morgan fingerprint density at radius 3 is 2.47 bits per heavy atom. The molecule has 34 heavy (non-hydrogen) atoms. The van der Waals surface area contributed by atoms with E-state index in [4.69, 9.17) is 9.90 Å². The third-order valence-electron chi connectivity index (χ3n) is 4.89. The maximum absolute atomic E-state index is 12.3. The Kier molecular flexibility index (Phi) is 8.34. The summed E-state index contributed by atoms with van der Waals surface area (Å²) in [6.07, 6.45) is -0.00440. The lowest BCUT2D eigenvalue weighted by Crippen LogP contribution is -2.43. The first-order valence-corrected chi connectivity index (χ1v) is 11.1. The molecule has 0 radical (unpaired) electrons. The molecule has 1 aromatic carbocycles. The summed E-state index contributed by atoms with van der Waals surface area (Å²) in [6, 6.07) is 8.32. The number of halogens is 3. The van der Waals surface area contributed by atoms with Crippen LogP contribution in [-0.2, 0) is 11.3 Å². The maximum Gasteiger partial charge on any atom is 0.490 e. The number of aromatic nitrogens is 3. The van der Waals surface area contributed by atoms with Crippen LogP contribution < -0.4 is 15.5 Å². The second kappa shape index (κ2) is 11.2. The zero-order valence-electron chi connectivity index (χ0n) is 18.2. The smallest absolute Gasteiger partial charge is 0.475 e. The Morgan fingerprint density at radius 1 is 1.21 bits per heavy atom. The number of para-hydroxylation sites is 1. The van der Waals surface area contributed by atoms with Crippen molar-refractivity contribution in [2.45, 2.75) is 31.6 Å². The molecule has 1 aliphatic rings. The van der Waals surface area contributed by atoms with Crippen LogP contribution in [0.15, 0.2) is 36.7 Å². The minimum Gasteiger partial charge on any atom is -0.475 e. The largest absolute Gasteiger partial charge is 0.490 e. The van der Waals surface area contributed by atoms with Gasteiger partial charge in [-0.3, -0.25) is 4.79 Å². The van der Waals surface area contributed by atoms with Crippen LogP contribution >= 0.6 is 11.3 Å². The van der Waals surface area contributed by atoms with E-state index in [-0.39, 0.29) is 11.9 Å². The molecule has 3 aromatic rings. The Balaban J connectivity index is 0.000000406. The van der Waals surface area contributed by atoms with Crippen molar-refractivity contribution in [2.24, 2.45) is 0 Å². The number of carboxylic acids is 1. The minimum atomic E-state index is -5.08. The molecule has 0 bridgehead atoms. The molecule has 0 aliphatic carbocycles. The summed E-state index contributed by atoms with van der Waals surface area (Å²) in [5.41, 5.74) is 1.37. The SMILES string of the molecule is CN(Cc1nc2ccccc2s1)c1cnc(C(=O)NC2CCNCC2)cn1.O=C(O)C(F)(F)F. The van der Waals surface area contributed by atoms with Gasteiger partial charge in [0.05, 0.1) is 29.2 Å². The molecule has 1 saturated heterocycles. The first-order valence-electron chi connectivity index (χ1n) is 10.3.